The Morgan fingerprint density at radius 1 is 1.22 bits per heavy atom. The fraction of sp³-hybridized carbons (Fsp3) is 0.417. The van der Waals surface area contributed by atoms with Crippen LogP contribution >= 0.6 is 11.6 Å². The fourth-order valence-electron chi connectivity index (χ4n) is 4.54. The molecule has 1 N–H and O–H groups in total. The van der Waals surface area contributed by atoms with Crippen molar-refractivity contribution in [1.29, 1.82) is 0 Å². The lowest BCUT2D eigenvalue weighted by Crippen LogP contribution is -2.49. The Labute approximate surface area is 210 Å². The van der Waals surface area contributed by atoms with Crippen LogP contribution in [0.2, 0.25) is 5.15 Å². The van der Waals surface area contributed by atoms with Crippen molar-refractivity contribution in [2.24, 2.45) is 7.05 Å². The topological polar surface area (TPSA) is 85.2 Å². The van der Waals surface area contributed by atoms with Crippen LogP contribution in [0.25, 0.3) is 0 Å². The van der Waals surface area contributed by atoms with E-state index in [9.17, 15) is 18.0 Å². The third-order valence-corrected chi connectivity index (χ3v) is 6.81. The summed E-state index contributed by atoms with van der Waals surface area (Å²) in [7, 11) is 1.89. The van der Waals surface area contributed by atoms with Gasteiger partial charge in [0.05, 0.1) is 26.2 Å². The van der Waals surface area contributed by atoms with E-state index in [0.717, 1.165) is 17.0 Å². The molecule has 190 valence electrons. The number of ether oxygens (including phenoxy) is 1. The first kappa shape index (κ1) is 24.7. The highest BCUT2D eigenvalue weighted by atomic mass is 35.5. The average Bonchev–Trinajstić information content (AvgIpc) is 3.35. The maximum atomic E-state index is 13.4. The molecule has 4 heterocycles. The normalized spacial score (nSPS) is 16.8. The molecular weight excluding hydrogens is 497 g/mol. The number of anilines is 1. The van der Waals surface area contributed by atoms with Gasteiger partial charge in [0.1, 0.15) is 23.1 Å². The van der Waals surface area contributed by atoms with Crippen LogP contribution in [0.3, 0.4) is 0 Å². The lowest BCUT2D eigenvalue weighted by atomic mass is 9.75. The third-order valence-electron chi connectivity index (χ3n) is 6.62. The Morgan fingerprint density at radius 2 is 2.03 bits per heavy atom. The minimum Gasteiger partial charge on any atom is -0.379 e. The number of rotatable bonds is 8. The number of amides is 1. The molecule has 0 spiro atoms. The standard InChI is InChI=1S/C24H24ClF3N6O2/c1-33-14-30-32-21(33)9-23(12-36-13-23)17-3-2-16-11-34(22(35)18(16)8-17)20-7-15(6-19(25)31-20)10-29-5-4-24(26,27)28/h2-3,6-8,14,29H,4-5,9-13H2,1H3. The van der Waals surface area contributed by atoms with E-state index in [4.69, 9.17) is 16.3 Å². The lowest BCUT2D eigenvalue weighted by molar-refractivity contribution is -0.133. The molecule has 0 atom stereocenters. The molecule has 5 rings (SSSR count). The molecule has 0 bridgehead atoms. The molecule has 3 aromatic rings. The van der Waals surface area contributed by atoms with Crippen LogP contribution in [0.1, 0.15) is 39.3 Å². The molecule has 12 heteroatoms. The molecule has 1 amide bonds. The summed E-state index contributed by atoms with van der Waals surface area (Å²) in [5.74, 6) is 0.997. The van der Waals surface area contributed by atoms with Gasteiger partial charge in [-0.15, -0.1) is 10.2 Å². The number of aromatic nitrogens is 4. The van der Waals surface area contributed by atoms with Gasteiger partial charge in [0.25, 0.3) is 5.91 Å². The van der Waals surface area contributed by atoms with E-state index in [1.54, 1.807) is 18.5 Å². The summed E-state index contributed by atoms with van der Waals surface area (Å²) in [6.45, 7) is 1.34. The number of hydrogen-bond acceptors (Lipinski definition) is 6. The number of hydrogen-bond donors (Lipinski definition) is 1. The second-order valence-corrected chi connectivity index (χ2v) is 9.66. The van der Waals surface area contributed by atoms with Gasteiger partial charge < -0.3 is 14.6 Å². The number of carbonyl (C=O) groups excluding carboxylic acids is 1. The van der Waals surface area contributed by atoms with Gasteiger partial charge in [0, 0.05) is 37.5 Å². The first-order chi connectivity index (χ1) is 17.1. The Hall–Kier alpha value is -3.02. The molecule has 0 unspecified atom stereocenters. The summed E-state index contributed by atoms with van der Waals surface area (Å²) in [5.41, 5.74) is 2.81. The molecule has 36 heavy (non-hydrogen) atoms. The molecule has 8 nitrogen and oxygen atoms in total. The van der Waals surface area contributed by atoms with Gasteiger partial charge >= 0.3 is 6.18 Å². The second-order valence-electron chi connectivity index (χ2n) is 9.27. The number of benzene rings is 1. The summed E-state index contributed by atoms with van der Waals surface area (Å²) in [6, 6.07) is 9.14. The van der Waals surface area contributed by atoms with Crippen molar-refractivity contribution in [3.05, 3.63) is 69.9 Å². The number of nitrogens with one attached hydrogen (secondary N) is 1. The molecule has 0 radical (unpaired) electrons. The van der Waals surface area contributed by atoms with E-state index >= 15 is 0 Å². The summed E-state index contributed by atoms with van der Waals surface area (Å²) in [6.07, 6.45) is -2.85. The Kier molecular flexibility index (Phi) is 6.48. The van der Waals surface area contributed by atoms with Crippen LogP contribution < -0.4 is 10.2 Å². The smallest absolute Gasteiger partial charge is 0.379 e. The highest BCUT2D eigenvalue weighted by Crippen LogP contribution is 2.38. The van der Waals surface area contributed by atoms with Gasteiger partial charge in [-0.25, -0.2) is 4.98 Å². The molecule has 1 aromatic carbocycles. The SMILES string of the molecule is Cn1cnnc1CC1(c2ccc3c(c2)C(=O)N(c2cc(CNCCC(F)(F)F)cc(Cl)n2)C3)COC1. The average molecular weight is 521 g/mol. The van der Waals surface area contributed by atoms with E-state index < -0.39 is 12.6 Å². The maximum absolute atomic E-state index is 13.4. The van der Waals surface area contributed by atoms with E-state index in [-0.39, 0.29) is 29.6 Å². The van der Waals surface area contributed by atoms with Crippen molar-refractivity contribution < 1.29 is 22.7 Å². The maximum Gasteiger partial charge on any atom is 0.390 e. The molecule has 1 saturated heterocycles. The zero-order valence-electron chi connectivity index (χ0n) is 19.5. The number of halogens is 4. The minimum absolute atomic E-state index is 0.166. The first-order valence-corrected chi connectivity index (χ1v) is 11.8. The molecule has 0 aliphatic carbocycles. The van der Waals surface area contributed by atoms with Crippen molar-refractivity contribution in [2.75, 3.05) is 24.7 Å². The molecule has 2 aliphatic rings. The molecule has 1 fully saturated rings. The zero-order valence-corrected chi connectivity index (χ0v) is 20.2. The molecule has 0 saturated carbocycles. The van der Waals surface area contributed by atoms with Crippen molar-refractivity contribution in [3.63, 3.8) is 0 Å². The monoisotopic (exact) mass is 520 g/mol. The summed E-state index contributed by atoms with van der Waals surface area (Å²) < 4.78 is 44.6. The van der Waals surface area contributed by atoms with E-state index in [0.29, 0.717) is 43.1 Å². The van der Waals surface area contributed by atoms with Crippen molar-refractivity contribution >= 4 is 23.3 Å². The number of fused-ring (bicyclic) bond motifs is 1. The summed E-state index contributed by atoms with van der Waals surface area (Å²) in [5, 5.41) is 11.1. The quantitative estimate of drug-likeness (QED) is 0.361. The van der Waals surface area contributed by atoms with Gasteiger partial charge in [-0.2, -0.15) is 13.2 Å². The fourth-order valence-corrected chi connectivity index (χ4v) is 4.77. The Balaban J connectivity index is 1.34. The highest BCUT2D eigenvalue weighted by molar-refractivity contribution is 6.29. The second kappa shape index (κ2) is 9.45. The van der Waals surface area contributed by atoms with Gasteiger partial charge in [0.2, 0.25) is 0 Å². The Bertz CT molecular complexity index is 1290. The zero-order chi connectivity index (χ0) is 25.5. The largest absolute Gasteiger partial charge is 0.390 e. The first-order valence-electron chi connectivity index (χ1n) is 11.4. The van der Waals surface area contributed by atoms with Crippen LogP contribution in [0.5, 0.6) is 0 Å². The van der Waals surface area contributed by atoms with Crippen LogP contribution in [0.4, 0.5) is 19.0 Å². The van der Waals surface area contributed by atoms with E-state index in [1.807, 2.05) is 29.8 Å². The van der Waals surface area contributed by atoms with Crippen LogP contribution in [-0.2, 0) is 36.7 Å². The van der Waals surface area contributed by atoms with Crippen LogP contribution in [0.15, 0.2) is 36.7 Å². The molecular formula is C24H24ClF3N6O2. The lowest BCUT2D eigenvalue weighted by Gasteiger charge is -2.41. The van der Waals surface area contributed by atoms with Gasteiger partial charge in [0.15, 0.2) is 0 Å². The number of nitrogens with zero attached hydrogens (tertiary/aromatic N) is 5. The predicted molar refractivity (Wildman–Crippen MR) is 126 cm³/mol. The highest BCUT2D eigenvalue weighted by Gasteiger charge is 2.43. The third kappa shape index (κ3) is 4.95. The summed E-state index contributed by atoms with van der Waals surface area (Å²) >= 11 is 6.18. The number of aryl methyl sites for hydroxylation is 1. The van der Waals surface area contributed by atoms with Gasteiger partial charge in [-0.1, -0.05) is 23.7 Å². The predicted octanol–water partition coefficient (Wildman–Crippen LogP) is 3.58. The Morgan fingerprint density at radius 3 is 2.69 bits per heavy atom. The van der Waals surface area contributed by atoms with Crippen LogP contribution in [0, 0.1) is 0 Å². The van der Waals surface area contributed by atoms with Crippen molar-refractivity contribution in [3.8, 4) is 0 Å². The van der Waals surface area contributed by atoms with Crippen molar-refractivity contribution in [1.82, 2.24) is 25.1 Å². The molecule has 2 aliphatic heterocycles. The summed E-state index contributed by atoms with van der Waals surface area (Å²) in [4.78, 5) is 19.2. The van der Waals surface area contributed by atoms with Gasteiger partial charge in [-0.3, -0.25) is 9.69 Å². The number of pyridine rings is 1. The minimum atomic E-state index is -4.22. The number of carbonyl (C=O) groups is 1. The van der Waals surface area contributed by atoms with Crippen molar-refractivity contribution in [2.45, 2.75) is 37.5 Å². The van der Waals surface area contributed by atoms with Crippen LogP contribution in [-0.4, -0.2) is 51.6 Å². The number of alkyl halides is 3. The van der Waals surface area contributed by atoms with E-state index in [2.05, 4.69) is 20.5 Å². The van der Waals surface area contributed by atoms with Gasteiger partial charge in [-0.05, 0) is 34.9 Å². The molecule has 2 aromatic heterocycles. The van der Waals surface area contributed by atoms with E-state index in [1.165, 1.54) is 4.90 Å².